The summed E-state index contributed by atoms with van der Waals surface area (Å²) in [4.78, 5) is 32.2. The number of aromatic nitrogens is 4. The summed E-state index contributed by atoms with van der Waals surface area (Å²) in [5.41, 5.74) is 1.70. The molecule has 17 nitrogen and oxygen atoms in total. The minimum atomic E-state index is -3.17. The predicted molar refractivity (Wildman–Crippen MR) is 219 cm³/mol. The highest BCUT2D eigenvalue weighted by molar-refractivity contribution is 7.88. The molecule has 2 aromatic rings. The minimum absolute atomic E-state index is 0.00117. The third kappa shape index (κ3) is 15.1. The summed E-state index contributed by atoms with van der Waals surface area (Å²) in [7, 11) is -6.34. The molecular weight excluding hydrogens is 803 g/mol. The number of nitrogens with zero attached hydrogens (tertiary/aromatic N) is 6. The van der Waals surface area contributed by atoms with Gasteiger partial charge >= 0.3 is 5.97 Å². The van der Waals surface area contributed by atoms with E-state index in [9.17, 15) is 31.5 Å². The highest BCUT2D eigenvalue weighted by Gasteiger charge is 2.32. The summed E-state index contributed by atoms with van der Waals surface area (Å²) in [6, 6.07) is 0. The van der Waals surface area contributed by atoms with Gasteiger partial charge < -0.3 is 14.2 Å². The largest absolute Gasteiger partial charge is 0.481 e. The number of hydrogen-bond donors (Lipinski definition) is 3. The molecule has 2 saturated carbocycles. The second kappa shape index (κ2) is 22.7. The fourth-order valence-corrected chi connectivity index (χ4v) is 11.2. The third-order valence-electron chi connectivity index (χ3n) is 12.9. The number of carboxylic acid groups (broad SMARTS) is 1. The van der Waals surface area contributed by atoms with E-state index in [1.165, 1.54) is 85.3 Å². The Hall–Kier alpha value is -3.00. The van der Waals surface area contributed by atoms with Crippen LogP contribution in [0.25, 0.3) is 0 Å². The molecule has 2 aromatic heterocycles. The van der Waals surface area contributed by atoms with Crippen LogP contribution in [-0.4, -0.2) is 107 Å². The molecule has 59 heavy (non-hydrogen) atoms. The SMILES string of the molecule is CS(=O)(=O)N1CCC(c2noc([C@H](CCCC3CCCCC3)CC(=O)NO)n2)CC1.CS(=O)(=O)N1CCC(c2noc([C@H](CCCC3CCCCC3)CC(=O)O)n2)CC1. The summed E-state index contributed by atoms with van der Waals surface area (Å²) in [6.07, 6.45) is 24.0. The van der Waals surface area contributed by atoms with Crippen molar-refractivity contribution in [3.8, 4) is 0 Å². The molecule has 4 heterocycles. The highest BCUT2D eigenvalue weighted by Crippen LogP contribution is 2.35. The van der Waals surface area contributed by atoms with Crippen molar-refractivity contribution < 1.29 is 45.8 Å². The number of carboxylic acids is 1. The van der Waals surface area contributed by atoms with Crippen LogP contribution in [0.1, 0.15) is 188 Å². The van der Waals surface area contributed by atoms with Crippen molar-refractivity contribution in [1.29, 1.82) is 0 Å². The van der Waals surface area contributed by atoms with E-state index in [-0.39, 0.29) is 36.5 Å². The summed E-state index contributed by atoms with van der Waals surface area (Å²) < 4.78 is 60.6. The summed E-state index contributed by atoms with van der Waals surface area (Å²) in [5, 5.41) is 26.5. The van der Waals surface area contributed by atoms with Gasteiger partial charge in [0.05, 0.1) is 18.9 Å². The lowest BCUT2D eigenvalue weighted by Crippen LogP contribution is -2.37. The van der Waals surface area contributed by atoms with Gasteiger partial charge in [-0.15, -0.1) is 0 Å². The van der Waals surface area contributed by atoms with Crippen LogP contribution in [-0.2, 0) is 29.6 Å². The van der Waals surface area contributed by atoms with Crippen LogP contribution in [0.15, 0.2) is 9.05 Å². The maximum atomic E-state index is 11.8. The first-order valence-electron chi connectivity index (χ1n) is 21.9. The van der Waals surface area contributed by atoms with Gasteiger partial charge in [-0.1, -0.05) is 100 Å². The Morgan fingerprint density at radius 1 is 0.661 bits per heavy atom. The van der Waals surface area contributed by atoms with Crippen LogP contribution in [0.5, 0.6) is 0 Å². The number of hydrogen-bond acceptors (Lipinski definition) is 13. The maximum Gasteiger partial charge on any atom is 0.304 e. The summed E-state index contributed by atoms with van der Waals surface area (Å²) >= 11 is 0. The highest BCUT2D eigenvalue weighted by atomic mass is 32.2. The number of carbonyl (C=O) groups is 2. The van der Waals surface area contributed by atoms with Gasteiger partial charge in [-0.05, 0) is 50.4 Å². The standard InChI is InChI=1S/C20H34N4O5S.C20H33N3O5S/c1-30(27,28)24-12-10-16(11-13-24)19-21-20(29-23-19)17(14-18(25)22-26)9-5-8-15-6-3-2-4-7-15;1-29(26,27)23-12-10-16(11-13-23)19-21-20(28-22-19)17(14-18(24)25)9-5-8-15-6-3-2-4-7-15/h15-17,26H,2-14H2,1H3,(H,22,25);15-17H,2-14H2,1H3,(H,24,25)/t2*17-/m11/s1. The van der Waals surface area contributed by atoms with Gasteiger partial charge in [0.1, 0.15) is 0 Å². The average Bonchev–Trinajstić information content (AvgIpc) is 3.92. The molecule has 334 valence electrons. The summed E-state index contributed by atoms with van der Waals surface area (Å²) in [5.74, 6) is 1.86. The number of amides is 1. The van der Waals surface area contributed by atoms with Gasteiger partial charge in [0.15, 0.2) is 11.6 Å². The Morgan fingerprint density at radius 2 is 1.05 bits per heavy atom. The van der Waals surface area contributed by atoms with E-state index in [4.69, 9.17) is 14.3 Å². The zero-order chi connectivity index (χ0) is 42.4. The summed E-state index contributed by atoms with van der Waals surface area (Å²) in [6.45, 7) is 1.80. The van der Waals surface area contributed by atoms with E-state index in [2.05, 4.69) is 20.3 Å². The zero-order valence-electron chi connectivity index (χ0n) is 35.0. The van der Waals surface area contributed by atoms with Crippen molar-refractivity contribution >= 4 is 31.9 Å². The van der Waals surface area contributed by atoms with Crippen LogP contribution in [0.4, 0.5) is 0 Å². The number of sulfonamides is 2. The van der Waals surface area contributed by atoms with Gasteiger partial charge in [0.25, 0.3) is 0 Å². The smallest absolute Gasteiger partial charge is 0.304 e. The van der Waals surface area contributed by atoms with Crippen LogP contribution in [0, 0.1) is 11.8 Å². The maximum absolute atomic E-state index is 11.8. The Kier molecular flexibility index (Phi) is 18.1. The molecule has 2 saturated heterocycles. The van der Waals surface area contributed by atoms with E-state index >= 15 is 0 Å². The molecular formula is C40H67N7O10S2. The molecule has 3 N–H and O–H groups in total. The quantitative estimate of drug-likeness (QED) is 0.108. The van der Waals surface area contributed by atoms with Gasteiger partial charge in [-0.2, -0.15) is 9.97 Å². The second-order valence-corrected chi connectivity index (χ2v) is 21.4. The van der Waals surface area contributed by atoms with Gasteiger partial charge in [0.2, 0.25) is 37.7 Å². The number of hydroxylamine groups is 1. The molecule has 6 rings (SSSR count). The van der Waals surface area contributed by atoms with E-state index < -0.39 is 31.9 Å². The monoisotopic (exact) mass is 869 g/mol. The molecule has 0 spiro atoms. The predicted octanol–water partition coefficient (Wildman–Crippen LogP) is 6.46. The molecule has 0 radical (unpaired) electrons. The van der Waals surface area contributed by atoms with E-state index in [1.807, 2.05) is 0 Å². The van der Waals surface area contributed by atoms with Gasteiger partial charge in [-0.3, -0.25) is 14.8 Å². The normalized spacial score (nSPS) is 21.1. The number of piperidine rings is 2. The average molecular weight is 870 g/mol. The van der Waals surface area contributed by atoms with Crippen LogP contribution < -0.4 is 5.48 Å². The lowest BCUT2D eigenvalue weighted by atomic mass is 9.84. The van der Waals surface area contributed by atoms with Crippen molar-refractivity contribution in [2.45, 2.75) is 165 Å². The van der Waals surface area contributed by atoms with Gasteiger partial charge in [0, 0.05) is 56.3 Å². The van der Waals surface area contributed by atoms with Crippen molar-refractivity contribution in [3.05, 3.63) is 23.4 Å². The Balaban J connectivity index is 0.000000224. The lowest BCUT2D eigenvalue weighted by molar-refractivity contribution is -0.137. The van der Waals surface area contributed by atoms with Crippen molar-refractivity contribution in [1.82, 2.24) is 34.4 Å². The zero-order valence-corrected chi connectivity index (χ0v) is 36.6. The number of nitrogens with one attached hydrogen (secondary N) is 1. The molecule has 4 fully saturated rings. The fraction of sp³-hybridized carbons (Fsp3) is 0.850. The van der Waals surface area contributed by atoms with Crippen LogP contribution >= 0.6 is 0 Å². The van der Waals surface area contributed by atoms with Crippen molar-refractivity contribution in [2.75, 3.05) is 38.7 Å². The van der Waals surface area contributed by atoms with Gasteiger partial charge in [-0.25, -0.2) is 30.9 Å². The molecule has 0 aromatic carbocycles. The molecule has 1 amide bonds. The molecule has 2 aliphatic carbocycles. The van der Waals surface area contributed by atoms with Crippen molar-refractivity contribution in [2.24, 2.45) is 11.8 Å². The second-order valence-electron chi connectivity index (χ2n) is 17.5. The Morgan fingerprint density at radius 3 is 1.41 bits per heavy atom. The molecule has 0 bridgehead atoms. The molecule has 2 atom stereocenters. The number of carbonyl (C=O) groups excluding carboxylic acids is 1. The Bertz CT molecular complexity index is 1810. The van der Waals surface area contributed by atoms with Crippen LogP contribution in [0.2, 0.25) is 0 Å². The first-order chi connectivity index (χ1) is 28.2. The minimum Gasteiger partial charge on any atom is -0.481 e. The lowest BCUT2D eigenvalue weighted by Gasteiger charge is -2.28. The van der Waals surface area contributed by atoms with E-state index in [0.29, 0.717) is 75.3 Å². The van der Waals surface area contributed by atoms with Crippen LogP contribution in [0.3, 0.4) is 0 Å². The molecule has 0 unspecified atom stereocenters. The number of rotatable bonds is 18. The topological polar surface area (TPSA) is 239 Å². The molecule has 2 aliphatic heterocycles. The van der Waals surface area contributed by atoms with Crippen molar-refractivity contribution in [3.63, 3.8) is 0 Å². The molecule has 19 heteroatoms. The first kappa shape index (κ1) is 47.1. The third-order valence-corrected chi connectivity index (χ3v) is 15.6. The number of aliphatic carboxylic acids is 1. The van der Waals surface area contributed by atoms with E-state index in [1.54, 1.807) is 5.48 Å². The first-order valence-corrected chi connectivity index (χ1v) is 25.6. The fourth-order valence-electron chi connectivity index (χ4n) is 9.41. The molecule has 4 aliphatic rings. The van der Waals surface area contributed by atoms with E-state index in [0.717, 1.165) is 50.4 Å². The Labute approximate surface area is 349 Å².